The molecule has 7 heteroatoms. The van der Waals surface area contributed by atoms with Crippen LogP contribution in [0.25, 0.3) is 6.08 Å². The minimum Gasteiger partial charge on any atom is -0.494 e. The van der Waals surface area contributed by atoms with Crippen molar-refractivity contribution >= 4 is 24.0 Å². The number of allylic oxidation sites excluding steroid dienone is 4. The Balaban J connectivity index is 1.39. The van der Waals surface area contributed by atoms with E-state index in [1.807, 2.05) is 30.3 Å². The molecule has 2 aromatic rings. The number of rotatable bonds is 12. The molecule has 0 aromatic heterocycles. The maximum Gasteiger partial charge on any atom is 0.343 e. The fourth-order valence-electron chi connectivity index (χ4n) is 3.21. The highest BCUT2D eigenvalue weighted by Gasteiger charge is 2.15. The molecule has 0 N–H and O–H groups in total. The Labute approximate surface area is 216 Å². The lowest BCUT2D eigenvalue weighted by Gasteiger charge is -2.14. The van der Waals surface area contributed by atoms with Crippen molar-refractivity contribution in [3.05, 3.63) is 108 Å². The molecule has 0 bridgehead atoms. The predicted octanol–water partition coefficient (Wildman–Crippen LogP) is 5.94. The van der Waals surface area contributed by atoms with Crippen LogP contribution in [0.5, 0.6) is 5.75 Å². The summed E-state index contributed by atoms with van der Waals surface area (Å²) in [4.78, 5) is 35.8. The van der Waals surface area contributed by atoms with Crippen molar-refractivity contribution in [2.24, 2.45) is 0 Å². The van der Waals surface area contributed by atoms with Crippen molar-refractivity contribution in [2.45, 2.75) is 32.6 Å². The molecule has 3 rings (SSSR count). The average molecular weight is 503 g/mol. The van der Waals surface area contributed by atoms with Crippen molar-refractivity contribution in [1.82, 2.24) is 0 Å². The molecule has 7 nitrogen and oxygen atoms in total. The van der Waals surface area contributed by atoms with Crippen molar-refractivity contribution in [3.63, 3.8) is 0 Å². The number of hydrogen-bond donors (Lipinski definition) is 0. The summed E-state index contributed by atoms with van der Waals surface area (Å²) in [5, 5.41) is 0. The third-order valence-corrected chi connectivity index (χ3v) is 5.22. The smallest absolute Gasteiger partial charge is 0.343 e. The Morgan fingerprint density at radius 1 is 0.865 bits per heavy atom. The van der Waals surface area contributed by atoms with Crippen LogP contribution in [0.1, 0.15) is 48.5 Å². The van der Waals surface area contributed by atoms with Crippen molar-refractivity contribution in [3.8, 4) is 5.75 Å². The summed E-state index contributed by atoms with van der Waals surface area (Å²) in [6.45, 7) is 5.92. The van der Waals surface area contributed by atoms with Crippen LogP contribution in [0.3, 0.4) is 0 Å². The topological polar surface area (TPSA) is 88.1 Å². The van der Waals surface area contributed by atoms with E-state index in [0.29, 0.717) is 60.9 Å². The van der Waals surface area contributed by atoms with Crippen molar-refractivity contribution in [1.29, 1.82) is 0 Å². The summed E-state index contributed by atoms with van der Waals surface area (Å²) in [5.41, 5.74) is 1.68. The second-order valence-corrected chi connectivity index (χ2v) is 8.32. The van der Waals surface area contributed by atoms with Crippen LogP contribution < -0.4 is 4.74 Å². The number of unbranched alkanes of at least 4 members (excludes halogenated alkanes) is 1. The van der Waals surface area contributed by atoms with E-state index in [-0.39, 0.29) is 5.97 Å². The summed E-state index contributed by atoms with van der Waals surface area (Å²) in [6, 6.07) is 16.1. The maximum atomic E-state index is 12.5. The third-order valence-electron chi connectivity index (χ3n) is 5.22. The van der Waals surface area contributed by atoms with Gasteiger partial charge in [0.1, 0.15) is 17.3 Å². The summed E-state index contributed by atoms with van der Waals surface area (Å²) < 4.78 is 21.5. The van der Waals surface area contributed by atoms with E-state index < -0.39 is 11.9 Å². The molecule has 2 aromatic carbocycles. The minimum atomic E-state index is -0.475. The van der Waals surface area contributed by atoms with Gasteiger partial charge in [-0.05, 0) is 67.8 Å². The van der Waals surface area contributed by atoms with Gasteiger partial charge in [0, 0.05) is 24.5 Å². The van der Waals surface area contributed by atoms with E-state index in [4.69, 9.17) is 18.9 Å². The quantitative estimate of drug-likeness (QED) is 0.154. The molecule has 37 heavy (non-hydrogen) atoms. The molecule has 0 saturated carbocycles. The first-order valence-electron chi connectivity index (χ1n) is 12.0. The van der Waals surface area contributed by atoms with E-state index in [1.54, 1.807) is 49.4 Å². The zero-order valence-corrected chi connectivity index (χ0v) is 20.8. The van der Waals surface area contributed by atoms with Gasteiger partial charge < -0.3 is 18.9 Å². The van der Waals surface area contributed by atoms with Gasteiger partial charge in [0.25, 0.3) is 0 Å². The SMILES string of the molecule is C=C(C)C(=O)OCCCCOc1ccc(C(=O)OC2=CC=C(OC(=O)/C=C/c3ccccc3)CC2)cc1. The first kappa shape index (κ1) is 27.2. The van der Waals surface area contributed by atoms with E-state index in [2.05, 4.69) is 6.58 Å². The van der Waals surface area contributed by atoms with E-state index in [9.17, 15) is 14.4 Å². The maximum absolute atomic E-state index is 12.5. The third kappa shape index (κ3) is 9.64. The molecule has 0 amide bonds. The molecule has 0 fully saturated rings. The lowest BCUT2D eigenvalue weighted by molar-refractivity contribution is -0.139. The van der Waals surface area contributed by atoms with Gasteiger partial charge in [-0.1, -0.05) is 36.9 Å². The average Bonchev–Trinajstić information content (AvgIpc) is 2.91. The van der Waals surface area contributed by atoms with E-state index in [1.165, 1.54) is 6.08 Å². The first-order valence-corrected chi connectivity index (χ1v) is 12.0. The molecule has 0 heterocycles. The van der Waals surface area contributed by atoms with Crippen LogP contribution in [-0.2, 0) is 23.8 Å². The Bertz CT molecular complexity index is 1190. The molecular weight excluding hydrogens is 472 g/mol. The van der Waals surface area contributed by atoms with Crippen LogP contribution in [0.15, 0.2) is 96.5 Å². The number of ether oxygens (including phenoxy) is 4. The number of carbonyl (C=O) groups is 3. The first-order chi connectivity index (χ1) is 17.9. The zero-order valence-electron chi connectivity index (χ0n) is 20.8. The fourth-order valence-corrected chi connectivity index (χ4v) is 3.21. The van der Waals surface area contributed by atoms with Gasteiger partial charge in [-0.2, -0.15) is 0 Å². The molecule has 0 atom stereocenters. The molecular formula is C30H30O7. The lowest BCUT2D eigenvalue weighted by atomic mass is 10.1. The number of carbonyl (C=O) groups excluding carboxylic acids is 3. The molecule has 1 aliphatic rings. The second kappa shape index (κ2) is 14.2. The standard InChI is InChI=1S/C30H30O7/c1-22(2)29(32)35-21-7-6-20-34-25-13-11-24(12-14-25)30(33)37-27-17-15-26(16-18-27)36-28(31)19-10-23-8-4-3-5-9-23/h3-5,8-15,17,19H,1,6-7,16,18,20-21H2,2H3/b19-10+. The van der Waals surface area contributed by atoms with E-state index >= 15 is 0 Å². The molecule has 0 spiro atoms. The van der Waals surface area contributed by atoms with Crippen LogP contribution in [0, 0.1) is 0 Å². The van der Waals surface area contributed by atoms with Crippen LogP contribution in [-0.4, -0.2) is 31.1 Å². The van der Waals surface area contributed by atoms with Crippen LogP contribution >= 0.6 is 0 Å². The summed E-state index contributed by atoms with van der Waals surface area (Å²) >= 11 is 0. The van der Waals surface area contributed by atoms with Crippen LogP contribution in [0.2, 0.25) is 0 Å². The molecule has 1 aliphatic carbocycles. The Kier molecular flexibility index (Phi) is 10.5. The molecule has 0 unspecified atom stereocenters. The monoisotopic (exact) mass is 502 g/mol. The van der Waals surface area contributed by atoms with Gasteiger partial charge >= 0.3 is 17.9 Å². The van der Waals surface area contributed by atoms with Crippen molar-refractivity contribution < 1.29 is 33.3 Å². The highest BCUT2D eigenvalue weighted by Crippen LogP contribution is 2.22. The van der Waals surface area contributed by atoms with Crippen LogP contribution in [0.4, 0.5) is 0 Å². The van der Waals surface area contributed by atoms with Gasteiger partial charge in [-0.15, -0.1) is 0 Å². The van der Waals surface area contributed by atoms with Gasteiger partial charge in [0.05, 0.1) is 18.8 Å². The molecule has 192 valence electrons. The summed E-state index contributed by atoms with van der Waals surface area (Å²) in [6.07, 6.45) is 8.63. The summed E-state index contributed by atoms with van der Waals surface area (Å²) in [7, 11) is 0. The van der Waals surface area contributed by atoms with Gasteiger partial charge in [-0.3, -0.25) is 0 Å². The highest BCUT2D eigenvalue weighted by molar-refractivity contribution is 5.90. The molecule has 0 aliphatic heterocycles. The van der Waals surface area contributed by atoms with Gasteiger partial charge in [-0.25, -0.2) is 14.4 Å². The Morgan fingerprint density at radius 2 is 1.51 bits per heavy atom. The van der Waals surface area contributed by atoms with E-state index in [0.717, 1.165) is 12.0 Å². The zero-order chi connectivity index (χ0) is 26.5. The lowest BCUT2D eigenvalue weighted by Crippen LogP contribution is -2.09. The number of benzene rings is 2. The normalized spacial score (nSPS) is 12.8. The van der Waals surface area contributed by atoms with Gasteiger partial charge in [0.15, 0.2) is 0 Å². The largest absolute Gasteiger partial charge is 0.494 e. The summed E-state index contributed by atoms with van der Waals surface area (Å²) in [5.74, 6) is 0.312. The fraction of sp³-hybridized carbons (Fsp3) is 0.233. The Morgan fingerprint density at radius 3 is 2.16 bits per heavy atom. The molecule has 0 saturated heterocycles. The van der Waals surface area contributed by atoms with Gasteiger partial charge in [0.2, 0.25) is 0 Å². The number of esters is 3. The minimum absolute atomic E-state index is 0.320. The molecule has 0 radical (unpaired) electrons. The highest BCUT2D eigenvalue weighted by atomic mass is 16.5. The Hall–Kier alpha value is -4.39. The predicted molar refractivity (Wildman–Crippen MR) is 139 cm³/mol. The van der Waals surface area contributed by atoms with Crippen molar-refractivity contribution in [2.75, 3.05) is 13.2 Å². The number of hydrogen-bond acceptors (Lipinski definition) is 7. The second-order valence-electron chi connectivity index (χ2n) is 8.32.